The average molecular weight is 358 g/mol. The average Bonchev–Trinajstić information content (AvgIpc) is 3.24. The van der Waals surface area contributed by atoms with E-state index in [-0.39, 0.29) is 11.5 Å². The summed E-state index contributed by atoms with van der Waals surface area (Å²) in [6.45, 7) is 8.36. The lowest BCUT2D eigenvalue weighted by atomic mass is 9.98. The van der Waals surface area contributed by atoms with Gasteiger partial charge in [0.1, 0.15) is 11.1 Å². The third-order valence-electron chi connectivity index (χ3n) is 4.29. The molecule has 4 rings (SSSR count). The molecule has 0 radical (unpaired) electrons. The van der Waals surface area contributed by atoms with Crippen LogP contribution in [0, 0.1) is 0 Å². The third-order valence-corrected chi connectivity index (χ3v) is 5.70. The third kappa shape index (κ3) is 3.44. The van der Waals surface area contributed by atoms with Gasteiger partial charge in [0, 0.05) is 49.7 Å². The molecule has 0 unspecified atom stereocenters. The maximum absolute atomic E-state index is 6.06. The predicted molar refractivity (Wildman–Crippen MR) is 97.5 cm³/mol. The molecule has 0 saturated carbocycles. The molecule has 0 N–H and O–H groups in total. The molecule has 0 atom stereocenters. The smallest absolute Gasteiger partial charge is 0.217 e. The lowest BCUT2D eigenvalue weighted by molar-refractivity contribution is 0.164. The highest BCUT2D eigenvalue weighted by Gasteiger charge is 2.26. The van der Waals surface area contributed by atoms with Crippen molar-refractivity contribution in [3.63, 3.8) is 0 Å². The SMILES string of the molecule is CC(C)(C)c1nnc(N2CCC(Oc3ccn4nccc4n3)CC2)s1. The Kier molecular flexibility index (Phi) is 4.07. The molecular formula is C17H22N6OS. The molecule has 0 aromatic carbocycles. The first-order valence-electron chi connectivity index (χ1n) is 8.55. The Morgan fingerprint density at radius 1 is 1.16 bits per heavy atom. The number of anilines is 1. The highest BCUT2D eigenvalue weighted by Crippen LogP contribution is 2.31. The van der Waals surface area contributed by atoms with Gasteiger partial charge in [-0.1, -0.05) is 32.1 Å². The minimum Gasteiger partial charge on any atom is -0.474 e. The van der Waals surface area contributed by atoms with E-state index in [2.05, 4.69) is 46.0 Å². The number of aromatic nitrogens is 5. The molecule has 0 amide bonds. The zero-order valence-electron chi connectivity index (χ0n) is 14.7. The van der Waals surface area contributed by atoms with Gasteiger partial charge >= 0.3 is 0 Å². The van der Waals surface area contributed by atoms with E-state index in [1.165, 1.54) is 0 Å². The Hall–Kier alpha value is -2.22. The molecule has 7 nitrogen and oxygen atoms in total. The number of ether oxygens (including phenoxy) is 1. The van der Waals surface area contributed by atoms with E-state index in [0.29, 0.717) is 5.88 Å². The summed E-state index contributed by atoms with van der Waals surface area (Å²) in [5, 5.41) is 15.0. The largest absolute Gasteiger partial charge is 0.474 e. The number of hydrogen-bond donors (Lipinski definition) is 0. The van der Waals surface area contributed by atoms with E-state index in [9.17, 15) is 0 Å². The van der Waals surface area contributed by atoms with E-state index >= 15 is 0 Å². The Bertz CT molecular complexity index is 859. The van der Waals surface area contributed by atoms with Gasteiger partial charge < -0.3 is 9.64 Å². The molecule has 0 bridgehead atoms. The van der Waals surface area contributed by atoms with Gasteiger partial charge in [-0.2, -0.15) is 10.1 Å². The molecular weight excluding hydrogens is 336 g/mol. The van der Waals surface area contributed by atoms with Crippen molar-refractivity contribution in [2.24, 2.45) is 0 Å². The van der Waals surface area contributed by atoms with E-state index in [1.54, 1.807) is 22.0 Å². The van der Waals surface area contributed by atoms with Crippen LogP contribution in [0.1, 0.15) is 38.6 Å². The molecule has 25 heavy (non-hydrogen) atoms. The molecule has 0 spiro atoms. The maximum atomic E-state index is 6.06. The summed E-state index contributed by atoms with van der Waals surface area (Å²) in [5.74, 6) is 0.664. The van der Waals surface area contributed by atoms with Crippen LogP contribution in [-0.2, 0) is 5.41 Å². The molecule has 1 fully saturated rings. The van der Waals surface area contributed by atoms with E-state index in [4.69, 9.17) is 4.74 Å². The van der Waals surface area contributed by atoms with Crippen LogP contribution in [0.15, 0.2) is 24.5 Å². The van der Waals surface area contributed by atoms with Crippen molar-refractivity contribution in [3.05, 3.63) is 29.5 Å². The summed E-state index contributed by atoms with van der Waals surface area (Å²) in [6, 6.07) is 3.74. The van der Waals surface area contributed by atoms with Crippen molar-refractivity contribution in [2.45, 2.75) is 45.1 Å². The van der Waals surface area contributed by atoms with Crippen LogP contribution in [-0.4, -0.2) is 44.0 Å². The van der Waals surface area contributed by atoms with Crippen molar-refractivity contribution >= 4 is 22.1 Å². The number of rotatable bonds is 3. The van der Waals surface area contributed by atoms with Crippen LogP contribution in [0.4, 0.5) is 5.13 Å². The molecule has 1 aliphatic heterocycles. The number of nitrogens with zero attached hydrogens (tertiary/aromatic N) is 6. The Morgan fingerprint density at radius 3 is 2.68 bits per heavy atom. The summed E-state index contributed by atoms with van der Waals surface area (Å²) in [6.07, 6.45) is 5.71. The van der Waals surface area contributed by atoms with Crippen molar-refractivity contribution < 1.29 is 4.74 Å². The summed E-state index contributed by atoms with van der Waals surface area (Å²) in [7, 11) is 0. The molecule has 8 heteroatoms. The molecule has 1 aliphatic rings. The van der Waals surface area contributed by atoms with Crippen LogP contribution in [0.5, 0.6) is 5.88 Å². The first kappa shape index (κ1) is 16.3. The lowest BCUT2D eigenvalue weighted by Gasteiger charge is -2.31. The van der Waals surface area contributed by atoms with Gasteiger partial charge in [0.2, 0.25) is 11.0 Å². The van der Waals surface area contributed by atoms with Crippen LogP contribution in [0.25, 0.3) is 5.65 Å². The van der Waals surface area contributed by atoms with Crippen LogP contribution < -0.4 is 9.64 Å². The fourth-order valence-electron chi connectivity index (χ4n) is 2.84. The topological polar surface area (TPSA) is 68.4 Å². The lowest BCUT2D eigenvalue weighted by Crippen LogP contribution is -2.38. The standard InChI is InChI=1S/C17H22N6OS/c1-17(2,3)15-20-21-16(25-15)22-9-5-12(6-10-22)24-14-7-11-23-13(19-14)4-8-18-23/h4,7-8,11-12H,5-6,9-10H2,1-3H3. The first-order chi connectivity index (χ1) is 12.0. The summed E-state index contributed by atoms with van der Waals surface area (Å²) in [4.78, 5) is 6.79. The van der Waals surface area contributed by atoms with E-state index in [1.807, 2.05) is 18.3 Å². The number of piperidine rings is 1. The molecule has 132 valence electrons. The second-order valence-electron chi connectivity index (χ2n) is 7.34. The summed E-state index contributed by atoms with van der Waals surface area (Å²) in [5.41, 5.74) is 0.855. The second-order valence-corrected chi connectivity index (χ2v) is 8.30. The molecule has 3 aromatic rings. The van der Waals surface area contributed by atoms with Crippen molar-refractivity contribution in [1.82, 2.24) is 24.8 Å². The zero-order chi connectivity index (χ0) is 17.4. The van der Waals surface area contributed by atoms with Crippen LogP contribution in [0.2, 0.25) is 0 Å². The minimum absolute atomic E-state index is 0.0509. The molecule has 4 heterocycles. The summed E-state index contributed by atoms with van der Waals surface area (Å²) >= 11 is 1.69. The normalized spacial score (nSPS) is 16.5. The fraction of sp³-hybridized carbons (Fsp3) is 0.529. The van der Waals surface area contributed by atoms with Crippen LogP contribution >= 0.6 is 11.3 Å². The minimum atomic E-state index is 0.0509. The zero-order valence-corrected chi connectivity index (χ0v) is 15.5. The van der Waals surface area contributed by atoms with Gasteiger partial charge in [-0.15, -0.1) is 10.2 Å². The monoisotopic (exact) mass is 358 g/mol. The Balaban J connectivity index is 1.37. The van der Waals surface area contributed by atoms with Gasteiger partial charge in [-0.3, -0.25) is 0 Å². The van der Waals surface area contributed by atoms with Crippen molar-refractivity contribution in [2.75, 3.05) is 18.0 Å². The van der Waals surface area contributed by atoms with Crippen molar-refractivity contribution in [1.29, 1.82) is 0 Å². The highest BCUT2D eigenvalue weighted by atomic mass is 32.1. The predicted octanol–water partition coefficient (Wildman–Crippen LogP) is 2.93. The number of fused-ring (bicyclic) bond motifs is 1. The Labute approximate surface area is 150 Å². The van der Waals surface area contributed by atoms with Gasteiger partial charge in [0.25, 0.3) is 0 Å². The van der Waals surface area contributed by atoms with Crippen molar-refractivity contribution in [3.8, 4) is 5.88 Å². The van der Waals surface area contributed by atoms with Gasteiger partial charge in [-0.05, 0) is 0 Å². The van der Waals surface area contributed by atoms with Crippen LogP contribution in [0.3, 0.4) is 0 Å². The maximum Gasteiger partial charge on any atom is 0.217 e. The van der Waals surface area contributed by atoms with E-state index in [0.717, 1.165) is 41.7 Å². The summed E-state index contributed by atoms with van der Waals surface area (Å²) < 4.78 is 7.80. The number of hydrogen-bond acceptors (Lipinski definition) is 7. The quantitative estimate of drug-likeness (QED) is 0.717. The van der Waals surface area contributed by atoms with Gasteiger partial charge in [-0.25, -0.2) is 4.52 Å². The highest BCUT2D eigenvalue weighted by molar-refractivity contribution is 7.15. The molecule has 0 aliphatic carbocycles. The molecule has 3 aromatic heterocycles. The first-order valence-corrected chi connectivity index (χ1v) is 9.37. The van der Waals surface area contributed by atoms with Gasteiger partial charge in [0.15, 0.2) is 5.65 Å². The molecule has 1 saturated heterocycles. The van der Waals surface area contributed by atoms with E-state index < -0.39 is 0 Å². The Morgan fingerprint density at radius 2 is 1.96 bits per heavy atom. The second kappa shape index (κ2) is 6.25. The fourth-order valence-corrected chi connectivity index (χ4v) is 3.80. The van der Waals surface area contributed by atoms with Gasteiger partial charge in [0.05, 0.1) is 6.20 Å².